The number of hydrogen-bond donors (Lipinski definition) is 2. The van der Waals surface area contributed by atoms with Crippen molar-refractivity contribution in [3.05, 3.63) is 29.8 Å². The first-order valence-corrected chi connectivity index (χ1v) is 9.38. The van der Waals surface area contributed by atoms with E-state index in [2.05, 4.69) is 15.6 Å². The fraction of sp³-hybridized carbons (Fsp3) is 0.632. The van der Waals surface area contributed by atoms with Crippen LogP contribution in [0, 0.1) is 11.6 Å². The Morgan fingerprint density at radius 2 is 2.00 bits per heavy atom. The van der Waals surface area contributed by atoms with Crippen LogP contribution in [0.3, 0.4) is 0 Å². The zero-order valence-corrected chi connectivity index (χ0v) is 18.5. The summed E-state index contributed by atoms with van der Waals surface area (Å²) >= 11 is 0. The van der Waals surface area contributed by atoms with Gasteiger partial charge in [0, 0.05) is 45.9 Å². The molecule has 0 spiro atoms. The summed E-state index contributed by atoms with van der Waals surface area (Å²) in [7, 11) is 1.71. The summed E-state index contributed by atoms with van der Waals surface area (Å²) in [6, 6.07) is 4.10. The van der Waals surface area contributed by atoms with Gasteiger partial charge in [-0.3, -0.25) is 4.99 Å². The lowest BCUT2D eigenvalue weighted by atomic mass is 10.2. The molecule has 1 saturated heterocycles. The Labute approximate surface area is 178 Å². The number of nitrogens with one attached hydrogen (secondary N) is 2. The predicted octanol–water partition coefficient (Wildman–Crippen LogP) is 3.53. The first-order chi connectivity index (χ1) is 12.7. The zero-order valence-electron chi connectivity index (χ0n) is 16.1. The summed E-state index contributed by atoms with van der Waals surface area (Å²) in [5.74, 6) is -0.260. The fourth-order valence-electron chi connectivity index (χ4n) is 3.11. The van der Waals surface area contributed by atoms with Gasteiger partial charge in [0.15, 0.2) is 5.96 Å². The summed E-state index contributed by atoms with van der Waals surface area (Å²) in [5, 5.41) is 6.62. The molecule has 0 radical (unpaired) electrons. The lowest BCUT2D eigenvalue weighted by Gasteiger charge is -2.21. The highest BCUT2D eigenvalue weighted by molar-refractivity contribution is 14.0. The lowest BCUT2D eigenvalue weighted by molar-refractivity contribution is 0.192. The van der Waals surface area contributed by atoms with Gasteiger partial charge in [0.2, 0.25) is 0 Å². The number of rotatable bonds is 9. The molecule has 0 amide bonds. The molecular formula is C19H31F2IN4O. The third-order valence-electron chi connectivity index (χ3n) is 4.40. The van der Waals surface area contributed by atoms with E-state index in [1.165, 1.54) is 18.2 Å². The normalized spacial score (nSPS) is 17.0. The third kappa shape index (κ3) is 7.77. The Kier molecular flexibility index (Phi) is 11.6. The molecule has 27 heavy (non-hydrogen) atoms. The number of hydrogen-bond acceptors (Lipinski definition) is 3. The molecule has 1 aliphatic rings. The number of para-hydroxylation sites is 1. The molecule has 1 heterocycles. The van der Waals surface area contributed by atoms with Crippen LogP contribution in [0.5, 0.6) is 0 Å². The van der Waals surface area contributed by atoms with Crippen LogP contribution in [0.4, 0.5) is 14.5 Å². The smallest absolute Gasteiger partial charge is 0.191 e. The van der Waals surface area contributed by atoms with Gasteiger partial charge in [-0.1, -0.05) is 6.07 Å². The van der Waals surface area contributed by atoms with Crippen molar-refractivity contribution in [2.24, 2.45) is 4.99 Å². The molecule has 2 N–H and O–H groups in total. The topological polar surface area (TPSA) is 48.9 Å². The van der Waals surface area contributed by atoms with E-state index in [0.29, 0.717) is 13.1 Å². The minimum Gasteiger partial charge on any atom is -0.385 e. The molecule has 1 atom stereocenters. The maximum Gasteiger partial charge on any atom is 0.191 e. The molecule has 8 heteroatoms. The Bertz CT molecular complexity index is 569. The van der Waals surface area contributed by atoms with Crippen molar-refractivity contribution in [2.45, 2.75) is 38.6 Å². The molecule has 1 unspecified atom stereocenters. The second kappa shape index (κ2) is 13.1. The number of aliphatic imine (C=N–C) groups is 1. The van der Waals surface area contributed by atoms with Crippen LogP contribution in [-0.2, 0) is 4.74 Å². The largest absolute Gasteiger partial charge is 0.385 e. The molecule has 0 aromatic heterocycles. The standard InChI is InChI=1S/C19H30F2N4O.HI/c1-3-22-19(23-11-5-4-6-13-26-2)24-15-10-12-25(14-15)18-16(20)8-7-9-17(18)21;/h7-9,15H,3-6,10-14H2,1-2H3,(H2,22,23,24);1H. The van der Waals surface area contributed by atoms with Crippen molar-refractivity contribution >= 4 is 35.6 Å². The molecule has 1 aromatic carbocycles. The van der Waals surface area contributed by atoms with E-state index in [0.717, 1.165) is 51.3 Å². The quantitative estimate of drug-likeness (QED) is 0.238. The van der Waals surface area contributed by atoms with Gasteiger partial charge in [-0.25, -0.2) is 8.78 Å². The van der Waals surface area contributed by atoms with Gasteiger partial charge < -0.3 is 20.3 Å². The Hall–Kier alpha value is -1.16. The monoisotopic (exact) mass is 496 g/mol. The number of guanidine groups is 1. The Morgan fingerprint density at radius 3 is 2.67 bits per heavy atom. The highest BCUT2D eigenvalue weighted by atomic mass is 127. The molecule has 5 nitrogen and oxygen atoms in total. The van der Waals surface area contributed by atoms with Gasteiger partial charge in [-0.15, -0.1) is 24.0 Å². The van der Waals surface area contributed by atoms with Crippen LogP contribution in [0.25, 0.3) is 0 Å². The summed E-state index contributed by atoms with van der Waals surface area (Å²) < 4.78 is 33.0. The van der Waals surface area contributed by atoms with Crippen molar-refractivity contribution in [2.75, 3.05) is 44.8 Å². The van der Waals surface area contributed by atoms with Crippen LogP contribution < -0.4 is 15.5 Å². The first kappa shape index (κ1) is 23.9. The van der Waals surface area contributed by atoms with Crippen LogP contribution in [-0.4, -0.2) is 51.9 Å². The van der Waals surface area contributed by atoms with Gasteiger partial charge in [0.1, 0.15) is 17.3 Å². The van der Waals surface area contributed by atoms with E-state index in [9.17, 15) is 8.78 Å². The van der Waals surface area contributed by atoms with Gasteiger partial charge in [0.05, 0.1) is 0 Å². The number of methoxy groups -OCH3 is 1. The second-order valence-electron chi connectivity index (χ2n) is 6.46. The third-order valence-corrected chi connectivity index (χ3v) is 4.40. The Morgan fingerprint density at radius 1 is 1.26 bits per heavy atom. The second-order valence-corrected chi connectivity index (χ2v) is 6.46. The maximum absolute atomic E-state index is 14.0. The molecule has 1 fully saturated rings. The van der Waals surface area contributed by atoms with Crippen molar-refractivity contribution in [1.82, 2.24) is 10.6 Å². The first-order valence-electron chi connectivity index (χ1n) is 9.38. The predicted molar refractivity (Wildman–Crippen MR) is 117 cm³/mol. The zero-order chi connectivity index (χ0) is 18.8. The van der Waals surface area contributed by atoms with Gasteiger partial charge in [0.25, 0.3) is 0 Å². The van der Waals surface area contributed by atoms with Crippen molar-refractivity contribution in [3.8, 4) is 0 Å². The summed E-state index contributed by atoms with van der Waals surface area (Å²) in [6.45, 7) is 5.49. The number of unbranched alkanes of at least 4 members (excludes halogenated alkanes) is 2. The van der Waals surface area contributed by atoms with Crippen LogP contribution in [0.2, 0.25) is 0 Å². The van der Waals surface area contributed by atoms with E-state index >= 15 is 0 Å². The van der Waals surface area contributed by atoms with E-state index < -0.39 is 11.6 Å². The number of anilines is 1. The summed E-state index contributed by atoms with van der Waals surface area (Å²) in [5.41, 5.74) is 0.0666. The highest BCUT2D eigenvalue weighted by Gasteiger charge is 2.27. The summed E-state index contributed by atoms with van der Waals surface area (Å²) in [6.07, 6.45) is 3.95. The van der Waals surface area contributed by atoms with Gasteiger partial charge in [-0.2, -0.15) is 0 Å². The average Bonchev–Trinajstić information content (AvgIpc) is 3.06. The number of halogens is 3. The van der Waals surface area contributed by atoms with Crippen LogP contribution >= 0.6 is 24.0 Å². The summed E-state index contributed by atoms with van der Waals surface area (Å²) in [4.78, 5) is 6.35. The van der Waals surface area contributed by atoms with E-state index in [4.69, 9.17) is 4.74 Å². The highest BCUT2D eigenvalue weighted by Crippen LogP contribution is 2.26. The minimum absolute atomic E-state index is 0. The van der Waals surface area contributed by atoms with Crippen LogP contribution in [0.1, 0.15) is 32.6 Å². The molecule has 0 saturated carbocycles. The fourth-order valence-corrected chi connectivity index (χ4v) is 3.11. The van der Waals surface area contributed by atoms with Crippen molar-refractivity contribution in [1.29, 1.82) is 0 Å². The molecule has 1 aromatic rings. The Balaban J connectivity index is 0.00000364. The van der Waals surface area contributed by atoms with Crippen molar-refractivity contribution < 1.29 is 13.5 Å². The minimum atomic E-state index is -0.512. The molecule has 0 bridgehead atoms. The van der Waals surface area contributed by atoms with Gasteiger partial charge in [-0.05, 0) is 44.7 Å². The molecule has 1 aliphatic heterocycles. The number of ether oxygens (including phenoxy) is 1. The number of nitrogens with zero attached hydrogens (tertiary/aromatic N) is 2. The van der Waals surface area contributed by atoms with Crippen molar-refractivity contribution in [3.63, 3.8) is 0 Å². The molecular weight excluding hydrogens is 465 g/mol. The SMILES string of the molecule is CCNC(=NCCCCCOC)NC1CCN(c2c(F)cccc2F)C1.I. The molecule has 2 rings (SSSR count). The lowest BCUT2D eigenvalue weighted by Crippen LogP contribution is -2.44. The molecule has 0 aliphatic carbocycles. The number of benzene rings is 1. The maximum atomic E-state index is 14.0. The van der Waals surface area contributed by atoms with Crippen LogP contribution in [0.15, 0.2) is 23.2 Å². The van der Waals surface area contributed by atoms with E-state index in [1.807, 2.05) is 6.92 Å². The van der Waals surface area contributed by atoms with Gasteiger partial charge >= 0.3 is 0 Å². The molecule has 154 valence electrons. The van der Waals surface area contributed by atoms with E-state index in [-0.39, 0.29) is 35.7 Å². The average molecular weight is 496 g/mol. The van der Waals surface area contributed by atoms with E-state index in [1.54, 1.807) is 12.0 Å².